The SMILES string of the molecule is CCCc1nc2nccc(CC)c2[nH]1. The van der Waals surface area contributed by atoms with Gasteiger partial charge in [-0.2, -0.15) is 0 Å². The van der Waals surface area contributed by atoms with Crippen molar-refractivity contribution in [3.8, 4) is 0 Å². The summed E-state index contributed by atoms with van der Waals surface area (Å²) >= 11 is 0. The van der Waals surface area contributed by atoms with Crippen LogP contribution in [0.3, 0.4) is 0 Å². The van der Waals surface area contributed by atoms with Gasteiger partial charge in [-0.3, -0.25) is 0 Å². The van der Waals surface area contributed by atoms with Crippen LogP contribution in [-0.2, 0) is 12.8 Å². The van der Waals surface area contributed by atoms with Gasteiger partial charge in [0.05, 0.1) is 5.52 Å². The van der Waals surface area contributed by atoms with Gasteiger partial charge in [-0.25, -0.2) is 9.97 Å². The number of pyridine rings is 1. The van der Waals surface area contributed by atoms with E-state index in [0.717, 1.165) is 36.3 Å². The molecule has 74 valence electrons. The molecule has 0 aliphatic rings. The van der Waals surface area contributed by atoms with Crippen molar-refractivity contribution in [2.24, 2.45) is 0 Å². The standard InChI is InChI=1S/C11H15N3/c1-3-5-9-13-10-8(4-2)6-7-12-11(10)14-9/h6-7H,3-5H2,1-2H3,(H,12,13,14). The number of hydrogen-bond acceptors (Lipinski definition) is 2. The number of aryl methyl sites for hydroxylation is 2. The molecule has 0 atom stereocenters. The fraction of sp³-hybridized carbons (Fsp3) is 0.455. The zero-order valence-electron chi connectivity index (χ0n) is 8.67. The lowest BCUT2D eigenvalue weighted by Gasteiger charge is -1.95. The van der Waals surface area contributed by atoms with Crippen LogP contribution in [0.15, 0.2) is 12.3 Å². The first-order chi connectivity index (χ1) is 6.85. The lowest BCUT2D eigenvalue weighted by Crippen LogP contribution is -1.85. The van der Waals surface area contributed by atoms with Gasteiger partial charge in [0, 0.05) is 12.6 Å². The lowest BCUT2D eigenvalue weighted by atomic mass is 10.2. The summed E-state index contributed by atoms with van der Waals surface area (Å²) in [6.45, 7) is 4.30. The van der Waals surface area contributed by atoms with E-state index in [1.165, 1.54) is 5.56 Å². The number of nitrogens with zero attached hydrogens (tertiary/aromatic N) is 2. The van der Waals surface area contributed by atoms with Gasteiger partial charge in [0.15, 0.2) is 5.65 Å². The van der Waals surface area contributed by atoms with Crippen LogP contribution in [0.25, 0.3) is 11.2 Å². The highest BCUT2D eigenvalue weighted by molar-refractivity contribution is 5.74. The Balaban J connectivity index is 2.52. The van der Waals surface area contributed by atoms with Crippen LogP contribution in [0.5, 0.6) is 0 Å². The van der Waals surface area contributed by atoms with Gasteiger partial charge in [0.25, 0.3) is 0 Å². The number of hydrogen-bond donors (Lipinski definition) is 1. The number of fused-ring (bicyclic) bond motifs is 1. The molecule has 0 bridgehead atoms. The molecule has 2 aromatic rings. The van der Waals surface area contributed by atoms with E-state index in [-0.39, 0.29) is 0 Å². The van der Waals surface area contributed by atoms with E-state index in [1.807, 2.05) is 6.20 Å². The highest BCUT2D eigenvalue weighted by Crippen LogP contribution is 2.15. The summed E-state index contributed by atoms with van der Waals surface area (Å²) in [7, 11) is 0. The Kier molecular flexibility index (Phi) is 2.48. The molecule has 0 spiro atoms. The Morgan fingerprint density at radius 2 is 2.21 bits per heavy atom. The highest BCUT2D eigenvalue weighted by atomic mass is 15.0. The van der Waals surface area contributed by atoms with Gasteiger partial charge < -0.3 is 4.98 Å². The Bertz CT molecular complexity index is 431. The molecule has 2 heterocycles. The number of imidazole rings is 1. The predicted molar refractivity (Wildman–Crippen MR) is 57.3 cm³/mol. The molecule has 0 aliphatic carbocycles. The van der Waals surface area contributed by atoms with E-state index in [9.17, 15) is 0 Å². The van der Waals surface area contributed by atoms with E-state index in [4.69, 9.17) is 0 Å². The number of nitrogens with one attached hydrogen (secondary N) is 1. The molecule has 0 saturated heterocycles. The topological polar surface area (TPSA) is 41.6 Å². The molecule has 0 radical (unpaired) electrons. The third-order valence-electron chi connectivity index (χ3n) is 2.40. The van der Waals surface area contributed by atoms with Crippen molar-refractivity contribution in [1.29, 1.82) is 0 Å². The van der Waals surface area contributed by atoms with Crippen LogP contribution < -0.4 is 0 Å². The normalized spacial score (nSPS) is 11.0. The summed E-state index contributed by atoms with van der Waals surface area (Å²) in [6.07, 6.45) is 4.96. The number of rotatable bonds is 3. The van der Waals surface area contributed by atoms with Gasteiger partial charge >= 0.3 is 0 Å². The minimum Gasteiger partial charge on any atom is -0.340 e. The molecule has 0 aliphatic heterocycles. The fourth-order valence-electron chi connectivity index (χ4n) is 1.66. The Morgan fingerprint density at radius 1 is 1.36 bits per heavy atom. The van der Waals surface area contributed by atoms with Gasteiger partial charge in [0.1, 0.15) is 5.82 Å². The van der Waals surface area contributed by atoms with Crippen LogP contribution in [0.2, 0.25) is 0 Å². The second-order valence-corrected chi connectivity index (χ2v) is 3.46. The van der Waals surface area contributed by atoms with Crippen molar-refractivity contribution in [2.45, 2.75) is 33.1 Å². The zero-order chi connectivity index (χ0) is 9.97. The van der Waals surface area contributed by atoms with E-state index in [0.29, 0.717) is 0 Å². The quantitative estimate of drug-likeness (QED) is 0.805. The van der Waals surface area contributed by atoms with Crippen LogP contribution in [-0.4, -0.2) is 15.0 Å². The molecule has 2 rings (SSSR count). The van der Waals surface area contributed by atoms with Crippen LogP contribution in [0, 0.1) is 0 Å². The molecule has 1 N–H and O–H groups in total. The molecule has 3 nitrogen and oxygen atoms in total. The minimum absolute atomic E-state index is 0.854. The highest BCUT2D eigenvalue weighted by Gasteiger charge is 2.05. The minimum atomic E-state index is 0.854. The van der Waals surface area contributed by atoms with Crippen LogP contribution >= 0.6 is 0 Å². The lowest BCUT2D eigenvalue weighted by molar-refractivity contribution is 0.860. The molecule has 0 unspecified atom stereocenters. The average Bonchev–Trinajstić information content (AvgIpc) is 2.60. The Labute approximate surface area is 83.6 Å². The third-order valence-corrected chi connectivity index (χ3v) is 2.40. The molecule has 0 amide bonds. The van der Waals surface area contributed by atoms with E-state index >= 15 is 0 Å². The molecule has 3 heteroatoms. The smallest absolute Gasteiger partial charge is 0.177 e. The molecule has 0 fully saturated rings. The maximum absolute atomic E-state index is 4.44. The summed E-state index contributed by atoms with van der Waals surface area (Å²) in [6, 6.07) is 2.05. The van der Waals surface area contributed by atoms with Gasteiger partial charge in [-0.05, 0) is 24.5 Å². The van der Waals surface area contributed by atoms with Crippen molar-refractivity contribution in [2.75, 3.05) is 0 Å². The summed E-state index contributed by atoms with van der Waals surface area (Å²) in [5.74, 6) is 1.05. The first-order valence-corrected chi connectivity index (χ1v) is 5.17. The van der Waals surface area contributed by atoms with Crippen LogP contribution in [0.1, 0.15) is 31.7 Å². The van der Waals surface area contributed by atoms with Gasteiger partial charge in [-0.15, -0.1) is 0 Å². The first kappa shape index (κ1) is 9.19. The molecule has 0 saturated carbocycles. The average molecular weight is 189 g/mol. The molecular weight excluding hydrogens is 174 g/mol. The number of aromatic nitrogens is 3. The third kappa shape index (κ3) is 1.50. The first-order valence-electron chi connectivity index (χ1n) is 5.17. The maximum Gasteiger partial charge on any atom is 0.177 e. The zero-order valence-corrected chi connectivity index (χ0v) is 8.67. The van der Waals surface area contributed by atoms with Crippen molar-refractivity contribution in [1.82, 2.24) is 15.0 Å². The largest absolute Gasteiger partial charge is 0.340 e. The van der Waals surface area contributed by atoms with Crippen molar-refractivity contribution < 1.29 is 0 Å². The van der Waals surface area contributed by atoms with Crippen molar-refractivity contribution in [3.05, 3.63) is 23.7 Å². The molecule has 2 aromatic heterocycles. The molecule has 14 heavy (non-hydrogen) atoms. The van der Waals surface area contributed by atoms with Crippen LogP contribution in [0.4, 0.5) is 0 Å². The Morgan fingerprint density at radius 3 is 2.93 bits per heavy atom. The molecule has 0 aromatic carbocycles. The summed E-state index contributed by atoms with van der Waals surface area (Å²) < 4.78 is 0. The van der Waals surface area contributed by atoms with Gasteiger partial charge in [-0.1, -0.05) is 13.8 Å². The van der Waals surface area contributed by atoms with Crippen molar-refractivity contribution in [3.63, 3.8) is 0 Å². The van der Waals surface area contributed by atoms with Crippen molar-refractivity contribution >= 4 is 11.2 Å². The predicted octanol–water partition coefficient (Wildman–Crippen LogP) is 2.47. The second kappa shape index (κ2) is 3.78. The number of H-pyrrole nitrogens is 1. The molecular formula is C11H15N3. The summed E-state index contributed by atoms with van der Waals surface area (Å²) in [4.78, 5) is 12.0. The fourth-order valence-corrected chi connectivity index (χ4v) is 1.66. The maximum atomic E-state index is 4.44. The van der Waals surface area contributed by atoms with Gasteiger partial charge in [0.2, 0.25) is 0 Å². The summed E-state index contributed by atoms with van der Waals surface area (Å²) in [5.41, 5.74) is 3.26. The van der Waals surface area contributed by atoms with E-state index in [2.05, 4.69) is 34.9 Å². The van der Waals surface area contributed by atoms with E-state index < -0.39 is 0 Å². The Hall–Kier alpha value is -1.38. The summed E-state index contributed by atoms with van der Waals surface area (Å²) in [5, 5.41) is 0. The monoisotopic (exact) mass is 189 g/mol. The number of aromatic amines is 1. The second-order valence-electron chi connectivity index (χ2n) is 3.46. The van der Waals surface area contributed by atoms with E-state index in [1.54, 1.807) is 0 Å².